The van der Waals surface area contributed by atoms with Crippen molar-refractivity contribution >= 4 is 5.78 Å². The van der Waals surface area contributed by atoms with Crippen LogP contribution in [0.4, 0.5) is 0 Å². The van der Waals surface area contributed by atoms with Crippen LogP contribution in [0.2, 0.25) is 0 Å². The van der Waals surface area contributed by atoms with E-state index in [4.69, 9.17) is 0 Å². The number of hydrogen-bond donors (Lipinski definition) is 0. The van der Waals surface area contributed by atoms with Gasteiger partial charge in [0.1, 0.15) is 11.6 Å². The van der Waals surface area contributed by atoms with E-state index in [1.165, 1.54) is 0 Å². The van der Waals surface area contributed by atoms with E-state index < -0.39 is 0 Å². The van der Waals surface area contributed by atoms with Crippen LogP contribution in [-0.4, -0.2) is 20.5 Å². The smallest absolute Gasteiger partial charge is 0.152 e. The van der Waals surface area contributed by atoms with Gasteiger partial charge in [0.15, 0.2) is 5.78 Å². The Morgan fingerprint density at radius 3 is 3.00 bits per heavy atom. The molecule has 4 heteroatoms. The molecular formula is C9H13N3O. The van der Waals surface area contributed by atoms with Crippen molar-refractivity contribution in [2.24, 2.45) is 0 Å². The summed E-state index contributed by atoms with van der Waals surface area (Å²) in [5.74, 6) is 2.03. The molecule has 0 saturated heterocycles. The predicted octanol–water partition coefficient (Wildman–Crippen LogP) is 1.05. The molecule has 2 heterocycles. The Morgan fingerprint density at radius 2 is 2.31 bits per heavy atom. The van der Waals surface area contributed by atoms with Crippen molar-refractivity contribution in [3.05, 3.63) is 11.6 Å². The van der Waals surface area contributed by atoms with E-state index in [1.54, 1.807) is 6.92 Å². The summed E-state index contributed by atoms with van der Waals surface area (Å²) in [4.78, 5) is 11.3. The Kier molecular flexibility index (Phi) is 1.90. The molecule has 1 aliphatic rings. The third-order valence-electron chi connectivity index (χ3n) is 2.60. The van der Waals surface area contributed by atoms with E-state index in [1.807, 2.05) is 11.5 Å². The molecule has 4 nitrogen and oxygen atoms in total. The van der Waals surface area contributed by atoms with Gasteiger partial charge in [-0.2, -0.15) is 0 Å². The lowest BCUT2D eigenvalue weighted by atomic mass is 10.0. The van der Waals surface area contributed by atoms with Crippen LogP contribution in [-0.2, 0) is 11.2 Å². The van der Waals surface area contributed by atoms with Crippen molar-refractivity contribution in [3.63, 3.8) is 0 Å². The van der Waals surface area contributed by atoms with Crippen molar-refractivity contribution in [3.8, 4) is 0 Å². The zero-order chi connectivity index (χ0) is 9.42. The molecule has 1 atom stereocenters. The highest BCUT2D eigenvalue weighted by atomic mass is 16.1. The number of carbonyl (C=O) groups is 1. The van der Waals surface area contributed by atoms with E-state index in [-0.39, 0.29) is 11.8 Å². The molecule has 0 bridgehead atoms. The van der Waals surface area contributed by atoms with E-state index in [0.29, 0.717) is 0 Å². The first-order valence-electron chi connectivity index (χ1n) is 4.61. The van der Waals surface area contributed by atoms with Gasteiger partial charge in [-0.15, -0.1) is 10.2 Å². The Morgan fingerprint density at radius 1 is 1.54 bits per heavy atom. The van der Waals surface area contributed by atoms with Crippen molar-refractivity contribution < 1.29 is 4.79 Å². The Hall–Kier alpha value is -1.19. The number of Topliss-reactive ketones (excluding diaryl/α,β-unsaturated/α-hetero) is 1. The van der Waals surface area contributed by atoms with Crippen molar-refractivity contribution in [1.82, 2.24) is 14.8 Å². The number of hydrogen-bond acceptors (Lipinski definition) is 3. The van der Waals surface area contributed by atoms with Crippen LogP contribution in [0.5, 0.6) is 0 Å². The van der Waals surface area contributed by atoms with Crippen molar-refractivity contribution in [2.45, 2.75) is 39.2 Å². The summed E-state index contributed by atoms with van der Waals surface area (Å²) in [6, 6.07) is -0.0150. The zero-order valence-electron chi connectivity index (χ0n) is 7.95. The quantitative estimate of drug-likeness (QED) is 0.647. The summed E-state index contributed by atoms with van der Waals surface area (Å²) in [6.07, 6.45) is 2.92. The molecule has 0 radical (unpaired) electrons. The first kappa shape index (κ1) is 8.41. The van der Waals surface area contributed by atoms with Crippen LogP contribution in [0, 0.1) is 6.92 Å². The number of aryl methyl sites for hydroxylation is 2. The Bertz CT molecular complexity index is 343. The molecule has 0 aliphatic carbocycles. The van der Waals surface area contributed by atoms with Gasteiger partial charge in [-0.1, -0.05) is 0 Å². The van der Waals surface area contributed by atoms with Gasteiger partial charge >= 0.3 is 0 Å². The third kappa shape index (κ3) is 1.26. The molecule has 13 heavy (non-hydrogen) atoms. The molecular weight excluding hydrogens is 166 g/mol. The number of aromatic nitrogens is 3. The topological polar surface area (TPSA) is 47.8 Å². The molecule has 2 rings (SSSR count). The highest BCUT2D eigenvalue weighted by Crippen LogP contribution is 2.25. The molecule has 0 fully saturated rings. The fraction of sp³-hybridized carbons (Fsp3) is 0.667. The Balaban J connectivity index is 2.46. The van der Waals surface area contributed by atoms with Crippen molar-refractivity contribution in [2.75, 3.05) is 0 Å². The van der Waals surface area contributed by atoms with Gasteiger partial charge in [0, 0.05) is 6.42 Å². The summed E-state index contributed by atoms with van der Waals surface area (Å²) >= 11 is 0. The minimum Gasteiger partial charge on any atom is -0.305 e. The lowest BCUT2D eigenvalue weighted by Gasteiger charge is -2.22. The van der Waals surface area contributed by atoms with Crippen molar-refractivity contribution in [1.29, 1.82) is 0 Å². The maximum absolute atomic E-state index is 11.3. The monoisotopic (exact) mass is 179 g/mol. The van der Waals surface area contributed by atoms with E-state index in [9.17, 15) is 4.79 Å². The molecule has 70 valence electrons. The summed E-state index contributed by atoms with van der Waals surface area (Å²) in [7, 11) is 0. The van der Waals surface area contributed by atoms with Crippen LogP contribution < -0.4 is 0 Å². The molecule has 0 saturated carbocycles. The zero-order valence-corrected chi connectivity index (χ0v) is 7.95. The summed E-state index contributed by atoms with van der Waals surface area (Å²) in [5, 5.41) is 8.04. The molecule has 1 unspecified atom stereocenters. The van der Waals surface area contributed by atoms with Crippen LogP contribution >= 0.6 is 0 Å². The van der Waals surface area contributed by atoms with Crippen LogP contribution in [0.3, 0.4) is 0 Å². The first-order valence-corrected chi connectivity index (χ1v) is 4.61. The molecule has 1 aliphatic heterocycles. The predicted molar refractivity (Wildman–Crippen MR) is 47.4 cm³/mol. The molecule has 1 aromatic rings. The van der Waals surface area contributed by atoms with Gasteiger partial charge in [-0.3, -0.25) is 4.79 Å². The van der Waals surface area contributed by atoms with Gasteiger partial charge in [-0.25, -0.2) is 0 Å². The minimum atomic E-state index is -0.0150. The number of fused-ring (bicyclic) bond motifs is 1. The maximum Gasteiger partial charge on any atom is 0.152 e. The summed E-state index contributed by atoms with van der Waals surface area (Å²) in [5.41, 5.74) is 0. The van der Waals surface area contributed by atoms with Gasteiger partial charge in [0.05, 0.1) is 6.04 Å². The lowest BCUT2D eigenvalue weighted by molar-refractivity contribution is -0.120. The summed E-state index contributed by atoms with van der Waals surface area (Å²) in [6.45, 7) is 3.54. The SMILES string of the molecule is CC(=O)C1CCCc2nnc(C)n21. The van der Waals surface area contributed by atoms with E-state index >= 15 is 0 Å². The number of carbonyl (C=O) groups excluding carboxylic acids is 1. The van der Waals surface area contributed by atoms with Gasteiger partial charge in [0.2, 0.25) is 0 Å². The number of ketones is 1. The van der Waals surface area contributed by atoms with Crippen LogP contribution in [0.15, 0.2) is 0 Å². The molecule has 1 aromatic heterocycles. The van der Waals surface area contributed by atoms with Gasteiger partial charge < -0.3 is 4.57 Å². The molecule has 0 N–H and O–H groups in total. The third-order valence-corrected chi connectivity index (χ3v) is 2.60. The highest BCUT2D eigenvalue weighted by molar-refractivity contribution is 5.80. The fourth-order valence-electron chi connectivity index (χ4n) is 1.96. The maximum atomic E-state index is 11.3. The highest BCUT2D eigenvalue weighted by Gasteiger charge is 2.25. The largest absolute Gasteiger partial charge is 0.305 e. The average Bonchev–Trinajstić information content (AvgIpc) is 2.48. The summed E-state index contributed by atoms with van der Waals surface area (Å²) < 4.78 is 1.98. The molecule has 0 spiro atoms. The fourth-order valence-corrected chi connectivity index (χ4v) is 1.96. The second-order valence-electron chi connectivity index (χ2n) is 3.55. The minimum absolute atomic E-state index is 0.0150. The molecule has 0 amide bonds. The normalized spacial score (nSPS) is 21.2. The standard InChI is InChI=1S/C9H13N3O/c1-6(13)8-4-3-5-9-11-10-7(2)12(8)9/h8H,3-5H2,1-2H3. The second-order valence-corrected chi connectivity index (χ2v) is 3.55. The number of rotatable bonds is 1. The average molecular weight is 179 g/mol. The second kappa shape index (κ2) is 2.94. The van der Waals surface area contributed by atoms with Gasteiger partial charge in [-0.05, 0) is 26.7 Å². The van der Waals surface area contributed by atoms with E-state index in [0.717, 1.165) is 30.9 Å². The lowest BCUT2D eigenvalue weighted by Crippen LogP contribution is -2.24. The Labute approximate surface area is 77.0 Å². The number of nitrogens with zero attached hydrogens (tertiary/aromatic N) is 3. The van der Waals surface area contributed by atoms with E-state index in [2.05, 4.69) is 10.2 Å². The first-order chi connectivity index (χ1) is 6.20. The molecule has 0 aromatic carbocycles. The van der Waals surface area contributed by atoms with Crippen LogP contribution in [0.25, 0.3) is 0 Å². The van der Waals surface area contributed by atoms with Gasteiger partial charge in [0.25, 0.3) is 0 Å². The van der Waals surface area contributed by atoms with Crippen LogP contribution in [0.1, 0.15) is 37.5 Å².